The van der Waals surface area contributed by atoms with E-state index in [1.165, 1.54) is 36.1 Å². The Bertz CT molecular complexity index is 504. The van der Waals surface area contributed by atoms with Crippen molar-refractivity contribution in [3.05, 3.63) is 34.9 Å². The van der Waals surface area contributed by atoms with Crippen LogP contribution in [0.5, 0.6) is 0 Å². The second kappa shape index (κ2) is 7.71. The van der Waals surface area contributed by atoms with E-state index in [9.17, 15) is 0 Å². The summed E-state index contributed by atoms with van der Waals surface area (Å²) in [6, 6.07) is 6.57. The van der Waals surface area contributed by atoms with Crippen LogP contribution in [0.1, 0.15) is 42.9 Å². The van der Waals surface area contributed by atoms with Crippen molar-refractivity contribution in [2.24, 2.45) is 10.9 Å². The molecular weight excluding hydrogens is 282 g/mol. The number of nitrogens with zero attached hydrogens (tertiary/aromatic N) is 1. The average molecular weight is 307 g/mol. The topological polar surface area (TPSA) is 70.6 Å². The minimum absolute atomic E-state index is 0.160. The molecule has 1 aliphatic carbocycles. The fourth-order valence-electron chi connectivity index (χ4n) is 2.93. The number of hydrogen-bond acceptors (Lipinski definition) is 4. The van der Waals surface area contributed by atoms with Gasteiger partial charge in [0.25, 0.3) is 0 Å². The van der Waals surface area contributed by atoms with Crippen LogP contribution in [0.2, 0.25) is 0 Å². The Morgan fingerprint density at radius 1 is 1.48 bits per heavy atom. The maximum atomic E-state index is 8.72. The molecule has 4 nitrogen and oxygen atoms in total. The van der Waals surface area contributed by atoms with Crippen molar-refractivity contribution >= 4 is 17.6 Å². The van der Waals surface area contributed by atoms with Gasteiger partial charge in [0.05, 0.1) is 0 Å². The molecule has 5 heteroatoms. The molecule has 0 aromatic heterocycles. The third-order valence-electron chi connectivity index (χ3n) is 4.13. The summed E-state index contributed by atoms with van der Waals surface area (Å²) in [5.41, 5.74) is 8.83. The number of aryl methyl sites for hydroxylation is 1. The lowest BCUT2D eigenvalue weighted by atomic mass is 10.0. The van der Waals surface area contributed by atoms with Crippen molar-refractivity contribution in [2.45, 2.75) is 50.9 Å². The van der Waals surface area contributed by atoms with Crippen LogP contribution in [0.15, 0.2) is 23.4 Å². The van der Waals surface area contributed by atoms with Crippen LogP contribution in [0.25, 0.3) is 0 Å². The third-order valence-corrected chi connectivity index (χ3v) is 5.46. The molecule has 2 unspecified atom stereocenters. The van der Waals surface area contributed by atoms with Crippen LogP contribution in [0, 0.1) is 6.92 Å². The van der Waals surface area contributed by atoms with Crippen molar-refractivity contribution in [1.29, 1.82) is 0 Å². The summed E-state index contributed by atoms with van der Waals surface area (Å²) in [6.45, 7) is 5.18. The summed E-state index contributed by atoms with van der Waals surface area (Å²) in [4.78, 5) is 0. The monoisotopic (exact) mass is 307 g/mol. The van der Waals surface area contributed by atoms with E-state index < -0.39 is 0 Å². The first-order valence-electron chi connectivity index (χ1n) is 7.58. The molecule has 0 aliphatic heterocycles. The molecule has 1 aromatic carbocycles. The Labute approximate surface area is 131 Å². The molecule has 1 aliphatic rings. The zero-order valence-corrected chi connectivity index (χ0v) is 13.6. The summed E-state index contributed by atoms with van der Waals surface area (Å²) in [6.07, 6.45) is 3.94. The summed E-state index contributed by atoms with van der Waals surface area (Å²) in [5, 5.41) is 16.2. The normalized spacial score (nSPS) is 22.7. The number of amidine groups is 1. The van der Waals surface area contributed by atoms with E-state index in [4.69, 9.17) is 10.9 Å². The first-order chi connectivity index (χ1) is 10.2. The molecule has 0 saturated heterocycles. The molecular formula is C16H25N3OS. The molecule has 2 atom stereocenters. The Hall–Kier alpha value is -1.20. The fourth-order valence-corrected chi connectivity index (χ4v) is 4.15. The average Bonchev–Trinajstić information content (AvgIpc) is 2.93. The van der Waals surface area contributed by atoms with Gasteiger partial charge in [-0.2, -0.15) is 11.8 Å². The number of rotatable bonds is 6. The van der Waals surface area contributed by atoms with Crippen molar-refractivity contribution in [1.82, 2.24) is 5.32 Å². The van der Waals surface area contributed by atoms with Crippen molar-refractivity contribution in [3.8, 4) is 0 Å². The van der Waals surface area contributed by atoms with E-state index in [1.54, 1.807) is 0 Å². The van der Waals surface area contributed by atoms with Gasteiger partial charge in [-0.1, -0.05) is 30.6 Å². The van der Waals surface area contributed by atoms with Crippen molar-refractivity contribution in [2.75, 3.05) is 5.75 Å². The number of thioether (sulfide) groups is 1. The van der Waals surface area contributed by atoms with Gasteiger partial charge in [0.1, 0.15) is 0 Å². The summed E-state index contributed by atoms with van der Waals surface area (Å²) >= 11 is 2.07. The highest BCUT2D eigenvalue weighted by atomic mass is 32.2. The number of nitrogens with two attached hydrogens (primary N) is 1. The lowest BCUT2D eigenvalue weighted by Crippen LogP contribution is -2.33. The highest BCUT2D eigenvalue weighted by Crippen LogP contribution is 2.30. The second-order valence-electron chi connectivity index (χ2n) is 5.54. The lowest BCUT2D eigenvalue weighted by Gasteiger charge is -2.21. The van der Waals surface area contributed by atoms with Gasteiger partial charge < -0.3 is 16.3 Å². The van der Waals surface area contributed by atoms with Crippen LogP contribution in [-0.4, -0.2) is 28.1 Å². The van der Waals surface area contributed by atoms with Gasteiger partial charge in [0, 0.05) is 23.4 Å². The first kappa shape index (κ1) is 16.2. The molecule has 1 saturated carbocycles. The number of oxime groups is 1. The van der Waals surface area contributed by atoms with E-state index >= 15 is 0 Å². The maximum absolute atomic E-state index is 8.72. The summed E-state index contributed by atoms with van der Waals surface area (Å²) < 4.78 is 0. The largest absolute Gasteiger partial charge is 0.409 e. The Morgan fingerprint density at radius 2 is 2.29 bits per heavy atom. The predicted octanol–water partition coefficient (Wildman–Crippen LogP) is 2.85. The number of nitrogens with one attached hydrogen (secondary N) is 1. The van der Waals surface area contributed by atoms with E-state index in [2.05, 4.69) is 42.1 Å². The molecule has 21 heavy (non-hydrogen) atoms. The summed E-state index contributed by atoms with van der Waals surface area (Å²) in [5.74, 6) is 1.35. The van der Waals surface area contributed by atoms with Gasteiger partial charge in [-0.25, -0.2) is 0 Å². The molecule has 4 N–H and O–H groups in total. The van der Waals surface area contributed by atoms with E-state index in [0.29, 0.717) is 6.04 Å². The highest BCUT2D eigenvalue weighted by molar-refractivity contribution is 7.99. The van der Waals surface area contributed by atoms with E-state index in [0.717, 1.165) is 17.4 Å². The minimum Gasteiger partial charge on any atom is -0.409 e. The van der Waals surface area contributed by atoms with E-state index in [-0.39, 0.29) is 5.84 Å². The molecule has 0 heterocycles. The number of hydrogen-bond donors (Lipinski definition) is 3. The Kier molecular flexibility index (Phi) is 5.94. The maximum Gasteiger partial charge on any atom is 0.170 e. The van der Waals surface area contributed by atoms with E-state index in [1.807, 2.05) is 12.1 Å². The molecule has 116 valence electrons. The fraction of sp³-hybridized carbons (Fsp3) is 0.562. The predicted molar refractivity (Wildman–Crippen MR) is 90.1 cm³/mol. The Balaban J connectivity index is 1.97. The van der Waals surface area contributed by atoms with Gasteiger partial charge in [0.15, 0.2) is 5.84 Å². The van der Waals surface area contributed by atoms with Gasteiger partial charge in [0.2, 0.25) is 0 Å². The van der Waals surface area contributed by atoms with Crippen LogP contribution in [-0.2, 0) is 6.54 Å². The molecule has 1 fully saturated rings. The van der Waals surface area contributed by atoms with Crippen LogP contribution < -0.4 is 11.1 Å². The lowest BCUT2D eigenvalue weighted by molar-refractivity contribution is 0.318. The van der Waals surface area contributed by atoms with Gasteiger partial charge in [-0.05, 0) is 42.7 Å². The zero-order chi connectivity index (χ0) is 15.2. The minimum atomic E-state index is 0.160. The van der Waals surface area contributed by atoms with Crippen molar-refractivity contribution < 1.29 is 5.21 Å². The van der Waals surface area contributed by atoms with Gasteiger partial charge in [-0.3, -0.25) is 0 Å². The van der Waals surface area contributed by atoms with Gasteiger partial charge >= 0.3 is 0 Å². The smallest absolute Gasteiger partial charge is 0.170 e. The highest BCUT2D eigenvalue weighted by Gasteiger charge is 2.26. The quantitative estimate of drug-likeness (QED) is 0.327. The molecule has 0 spiro atoms. The molecule has 1 aromatic rings. The van der Waals surface area contributed by atoms with Crippen molar-refractivity contribution in [3.63, 3.8) is 0 Å². The molecule has 2 rings (SSSR count). The Morgan fingerprint density at radius 3 is 2.95 bits per heavy atom. The SMILES string of the molecule is CCSC1CCCC1NCc1ccc(/C(N)=N/O)cc1C. The summed E-state index contributed by atoms with van der Waals surface area (Å²) in [7, 11) is 0. The zero-order valence-electron chi connectivity index (χ0n) is 12.8. The number of benzene rings is 1. The first-order valence-corrected chi connectivity index (χ1v) is 8.63. The third kappa shape index (κ3) is 4.14. The second-order valence-corrected chi connectivity index (χ2v) is 7.05. The molecule has 0 radical (unpaired) electrons. The van der Waals surface area contributed by atoms with Crippen LogP contribution in [0.3, 0.4) is 0 Å². The van der Waals surface area contributed by atoms with Crippen LogP contribution >= 0.6 is 11.8 Å². The molecule has 0 amide bonds. The standard InChI is InChI=1S/C16H25N3OS/c1-3-21-15-6-4-5-14(15)18-10-13-8-7-12(9-11(13)2)16(17)19-20/h7-9,14-15,18,20H,3-6,10H2,1-2H3,(H2,17,19). The van der Waals surface area contributed by atoms with Gasteiger partial charge in [-0.15, -0.1) is 0 Å². The molecule has 0 bridgehead atoms. The van der Waals surface area contributed by atoms with Crippen LogP contribution in [0.4, 0.5) is 0 Å².